The Morgan fingerprint density at radius 2 is 1.92 bits per heavy atom. The lowest BCUT2D eigenvalue weighted by molar-refractivity contribution is 0.0666. The molecular formula is C21H26N4O. The highest BCUT2D eigenvalue weighted by Crippen LogP contribution is 2.18. The molecule has 0 saturated heterocycles. The molecule has 5 heteroatoms. The number of hydrogen-bond acceptors (Lipinski definition) is 3. The Balaban J connectivity index is 1.87. The molecule has 1 amide bonds. The molecule has 3 rings (SSSR count). The third-order valence-electron chi connectivity index (χ3n) is 4.64. The Bertz CT molecular complexity index is 843. The molecular weight excluding hydrogens is 324 g/mol. The highest BCUT2D eigenvalue weighted by atomic mass is 16.2. The van der Waals surface area contributed by atoms with E-state index < -0.39 is 0 Å². The fourth-order valence-corrected chi connectivity index (χ4v) is 3.40. The maximum atomic E-state index is 13.3. The van der Waals surface area contributed by atoms with Crippen LogP contribution in [0.25, 0.3) is 5.65 Å². The molecule has 0 spiro atoms. The zero-order valence-electron chi connectivity index (χ0n) is 15.5. The number of rotatable bonds is 8. The molecule has 0 radical (unpaired) electrons. The molecule has 26 heavy (non-hydrogen) atoms. The highest BCUT2D eigenvalue weighted by molar-refractivity contribution is 5.94. The van der Waals surface area contributed by atoms with Crippen molar-refractivity contribution in [3.63, 3.8) is 0 Å². The average molecular weight is 350 g/mol. The van der Waals surface area contributed by atoms with E-state index in [9.17, 15) is 4.79 Å². The van der Waals surface area contributed by atoms with Crippen LogP contribution in [0.4, 0.5) is 0 Å². The number of fused-ring (bicyclic) bond motifs is 1. The molecule has 0 aliphatic rings. The SMILES string of the molecule is CCCC(Cc1ccccc1)N(CCC)C(=O)c1ccc2nncn2c1. The van der Waals surface area contributed by atoms with Gasteiger partial charge in [0.15, 0.2) is 5.65 Å². The number of amides is 1. The molecule has 1 atom stereocenters. The Labute approximate surface area is 154 Å². The maximum absolute atomic E-state index is 13.3. The van der Waals surface area contributed by atoms with E-state index in [0.29, 0.717) is 5.56 Å². The molecule has 0 aliphatic heterocycles. The smallest absolute Gasteiger partial charge is 0.255 e. The van der Waals surface area contributed by atoms with Crippen LogP contribution in [0, 0.1) is 0 Å². The van der Waals surface area contributed by atoms with Crippen molar-refractivity contribution in [1.82, 2.24) is 19.5 Å². The third kappa shape index (κ3) is 4.10. The van der Waals surface area contributed by atoms with Crippen molar-refractivity contribution in [2.45, 2.75) is 45.6 Å². The van der Waals surface area contributed by atoms with Crippen LogP contribution < -0.4 is 0 Å². The summed E-state index contributed by atoms with van der Waals surface area (Å²) in [5.74, 6) is 0.0804. The van der Waals surface area contributed by atoms with Gasteiger partial charge >= 0.3 is 0 Å². The van der Waals surface area contributed by atoms with Crippen LogP contribution >= 0.6 is 0 Å². The minimum atomic E-state index is 0.0804. The van der Waals surface area contributed by atoms with Crippen molar-refractivity contribution in [2.75, 3.05) is 6.54 Å². The molecule has 1 unspecified atom stereocenters. The molecule has 0 N–H and O–H groups in total. The molecule has 0 fully saturated rings. The summed E-state index contributed by atoms with van der Waals surface area (Å²) in [4.78, 5) is 15.3. The summed E-state index contributed by atoms with van der Waals surface area (Å²) in [5.41, 5.74) is 2.70. The average Bonchev–Trinajstić information content (AvgIpc) is 3.14. The molecule has 0 saturated carbocycles. The van der Waals surface area contributed by atoms with Crippen LogP contribution in [0.3, 0.4) is 0 Å². The van der Waals surface area contributed by atoms with Crippen LogP contribution in [0.15, 0.2) is 55.0 Å². The third-order valence-corrected chi connectivity index (χ3v) is 4.64. The summed E-state index contributed by atoms with van der Waals surface area (Å²) in [6.45, 7) is 5.06. The summed E-state index contributed by atoms with van der Waals surface area (Å²) in [7, 11) is 0. The van der Waals surface area contributed by atoms with Crippen LogP contribution in [0.2, 0.25) is 0 Å². The lowest BCUT2D eigenvalue weighted by Crippen LogP contribution is -2.42. The van der Waals surface area contributed by atoms with E-state index in [2.05, 4.69) is 48.3 Å². The topological polar surface area (TPSA) is 50.5 Å². The van der Waals surface area contributed by atoms with Crippen molar-refractivity contribution in [2.24, 2.45) is 0 Å². The van der Waals surface area contributed by atoms with Gasteiger partial charge in [0.05, 0.1) is 5.56 Å². The summed E-state index contributed by atoms with van der Waals surface area (Å²) in [6, 6.07) is 14.3. The quantitative estimate of drug-likeness (QED) is 0.617. The second kappa shape index (κ2) is 8.61. The molecule has 1 aromatic carbocycles. The van der Waals surface area contributed by atoms with Gasteiger partial charge in [0.1, 0.15) is 6.33 Å². The molecule has 2 heterocycles. The summed E-state index contributed by atoms with van der Waals surface area (Å²) < 4.78 is 1.80. The van der Waals surface area contributed by atoms with Crippen LogP contribution in [-0.4, -0.2) is 38.0 Å². The number of carbonyl (C=O) groups excluding carboxylic acids is 1. The van der Waals surface area contributed by atoms with Gasteiger partial charge in [-0.1, -0.05) is 50.6 Å². The summed E-state index contributed by atoms with van der Waals surface area (Å²) in [5, 5.41) is 7.90. The van der Waals surface area contributed by atoms with Gasteiger partial charge in [0, 0.05) is 18.8 Å². The zero-order chi connectivity index (χ0) is 18.4. The van der Waals surface area contributed by atoms with E-state index in [1.807, 2.05) is 29.3 Å². The van der Waals surface area contributed by atoms with Crippen molar-refractivity contribution < 1.29 is 4.79 Å². The van der Waals surface area contributed by atoms with Crippen LogP contribution in [-0.2, 0) is 6.42 Å². The predicted octanol–water partition coefficient (Wildman–Crippen LogP) is 3.99. The Morgan fingerprint density at radius 1 is 1.12 bits per heavy atom. The monoisotopic (exact) mass is 350 g/mol. The molecule has 0 bridgehead atoms. The fraction of sp³-hybridized carbons (Fsp3) is 0.381. The standard InChI is InChI=1S/C21H26N4O/c1-3-8-19(14-17-9-6-5-7-10-17)25(13-4-2)21(26)18-11-12-20-23-22-16-24(20)15-18/h5-7,9-12,15-16,19H,3-4,8,13-14H2,1-2H3. The first-order valence-electron chi connectivity index (χ1n) is 9.37. The molecule has 3 aromatic rings. The van der Waals surface area contributed by atoms with Gasteiger partial charge in [0.25, 0.3) is 5.91 Å². The van der Waals surface area contributed by atoms with Gasteiger partial charge in [-0.05, 0) is 37.0 Å². The molecule has 2 aromatic heterocycles. The summed E-state index contributed by atoms with van der Waals surface area (Å²) in [6.07, 6.45) is 7.32. The van der Waals surface area contributed by atoms with Gasteiger partial charge in [-0.15, -0.1) is 10.2 Å². The molecule has 5 nitrogen and oxygen atoms in total. The Morgan fingerprint density at radius 3 is 2.65 bits per heavy atom. The van der Waals surface area contributed by atoms with Crippen molar-refractivity contribution >= 4 is 11.6 Å². The number of benzene rings is 1. The first-order valence-corrected chi connectivity index (χ1v) is 9.37. The lowest BCUT2D eigenvalue weighted by Gasteiger charge is -2.32. The van der Waals surface area contributed by atoms with Gasteiger partial charge in [0.2, 0.25) is 0 Å². The van der Waals surface area contributed by atoms with E-state index in [1.165, 1.54) is 5.56 Å². The second-order valence-corrected chi connectivity index (χ2v) is 6.64. The number of carbonyl (C=O) groups is 1. The fourth-order valence-electron chi connectivity index (χ4n) is 3.40. The van der Waals surface area contributed by atoms with Gasteiger partial charge in [-0.3, -0.25) is 9.20 Å². The van der Waals surface area contributed by atoms with E-state index in [-0.39, 0.29) is 11.9 Å². The number of nitrogens with zero attached hydrogens (tertiary/aromatic N) is 4. The highest BCUT2D eigenvalue weighted by Gasteiger charge is 2.24. The van der Waals surface area contributed by atoms with Crippen molar-refractivity contribution in [3.8, 4) is 0 Å². The zero-order valence-corrected chi connectivity index (χ0v) is 15.5. The largest absolute Gasteiger partial charge is 0.335 e. The minimum Gasteiger partial charge on any atom is -0.335 e. The minimum absolute atomic E-state index is 0.0804. The molecule has 136 valence electrons. The van der Waals surface area contributed by atoms with Crippen molar-refractivity contribution in [1.29, 1.82) is 0 Å². The van der Waals surface area contributed by atoms with E-state index in [1.54, 1.807) is 10.7 Å². The normalized spacial score (nSPS) is 12.2. The molecule has 0 aliphatic carbocycles. The predicted molar refractivity (Wildman–Crippen MR) is 103 cm³/mol. The number of pyridine rings is 1. The van der Waals surface area contributed by atoms with E-state index in [0.717, 1.165) is 37.9 Å². The Hall–Kier alpha value is -2.69. The van der Waals surface area contributed by atoms with Crippen LogP contribution in [0.1, 0.15) is 49.0 Å². The second-order valence-electron chi connectivity index (χ2n) is 6.64. The lowest BCUT2D eigenvalue weighted by atomic mass is 9.99. The van der Waals surface area contributed by atoms with Crippen LogP contribution in [0.5, 0.6) is 0 Å². The van der Waals surface area contributed by atoms with Gasteiger partial charge in [-0.25, -0.2) is 0 Å². The Kier molecular flexibility index (Phi) is 6.00. The van der Waals surface area contributed by atoms with E-state index in [4.69, 9.17) is 0 Å². The van der Waals surface area contributed by atoms with E-state index >= 15 is 0 Å². The number of aromatic nitrogens is 3. The van der Waals surface area contributed by atoms with Crippen molar-refractivity contribution in [3.05, 3.63) is 66.1 Å². The number of hydrogen-bond donors (Lipinski definition) is 0. The first kappa shape index (κ1) is 18.1. The summed E-state index contributed by atoms with van der Waals surface area (Å²) >= 11 is 0. The van der Waals surface area contributed by atoms with Gasteiger partial charge < -0.3 is 4.90 Å². The maximum Gasteiger partial charge on any atom is 0.255 e. The van der Waals surface area contributed by atoms with Gasteiger partial charge in [-0.2, -0.15) is 0 Å². The first-order chi connectivity index (χ1) is 12.7.